The first-order chi connectivity index (χ1) is 13.3. The Morgan fingerprint density at radius 3 is 2.64 bits per heavy atom. The summed E-state index contributed by atoms with van der Waals surface area (Å²) >= 11 is 3.42. The van der Waals surface area contributed by atoms with Gasteiger partial charge in [-0.25, -0.2) is 0 Å². The Balaban J connectivity index is 1.57. The number of fused-ring (bicyclic) bond motifs is 1. The van der Waals surface area contributed by atoms with Crippen molar-refractivity contribution in [2.45, 2.75) is 32.9 Å². The minimum Gasteiger partial charge on any atom is -0.337 e. The number of hydrogen-bond acceptors (Lipinski definition) is 3. The van der Waals surface area contributed by atoms with E-state index in [1.54, 1.807) is 4.90 Å². The van der Waals surface area contributed by atoms with Crippen LogP contribution in [0.4, 0.5) is 5.69 Å². The number of benzene rings is 2. The van der Waals surface area contributed by atoms with Crippen LogP contribution in [0.2, 0.25) is 0 Å². The quantitative estimate of drug-likeness (QED) is 0.767. The number of carbonyl (C=O) groups excluding carboxylic acids is 2. The molecule has 1 atom stereocenters. The fraction of sp³-hybridized carbons (Fsp3) is 0.364. The standard InChI is InChI=1S/C22H26BrN3O2/c1-15-12-19(23)8-9-20(15)24-21(27)14-25(3)16(2)22(28)26-11-10-17-6-4-5-7-18(17)13-26/h4-9,12,16H,10-11,13-14H2,1-3H3,(H,24,27). The topological polar surface area (TPSA) is 52.7 Å². The van der Waals surface area contributed by atoms with Crippen LogP contribution in [0.25, 0.3) is 0 Å². The molecule has 0 aromatic heterocycles. The molecular formula is C22H26BrN3O2. The molecule has 2 amide bonds. The van der Waals surface area contributed by atoms with Crippen LogP contribution in [0.1, 0.15) is 23.6 Å². The largest absolute Gasteiger partial charge is 0.337 e. The van der Waals surface area contributed by atoms with Gasteiger partial charge in [0.1, 0.15) is 0 Å². The smallest absolute Gasteiger partial charge is 0.239 e. The molecule has 1 heterocycles. The highest BCUT2D eigenvalue weighted by Crippen LogP contribution is 2.21. The van der Waals surface area contributed by atoms with Gasteiger partial charge in [-0.1, -0.05) is 40.2 Å². The normalized spacial score (nSPS) is 14.5. The number of nitrogens with zero attached hydrogens (tertiary/aromatic N) is 2. The lowest BCUT2D eigenvalue weighted by Crippen LogP contribution is -2.49. The van der Waals surface area contributed by atoms with Gasteiger partial charge in [-0.05, 0) is 62.2 Å². The van der Waals surface area contributed by atoms with Gasteiger partial charge in [0.25, 0.3) is 0 Å². The average molecular weight is 444 g/mol. The number of carbonyl (C=O) groups is 2. The highest BCUT2D eigenvalue weighted by molar-refractivity contribution is 9.10. The van der Waals surface area contributed by atoms with Gasteiger partial charge in [0.15, 0.2) is 0 Å². The number of hydrogen-bond donors (Lipinski definition) is 1. The number of anilines is 1. The molecule has 1 aliphatic rings. The third-order valence-corrected chi connectivity index (χ3v) is 5.81. The summed E-state index contributed by atoms with van der Waals surface area (Å²) in [6.07, 6.45) is 0.877. The van der Waals surface area contributed by atoms with Crippen molar-refractivity contribution in [3.05, 3.63) is 63.6 Å². The molecule has 2 aromatic rings. The van der Waals surface area contributed by atoms with Crippen LogP contribution in [-0.2, 0) is 22.6 Å². The molecule has 0 saturated carbocycles. The van der Waals surface area contributed by atoms with Gasteiger partial charge >= 0.3 is 0 Å². The molecule has 1 aliphatic heterocycles. The van der Waals surface area contributed by atoms with Crippen LogP contribution >= 0.6 is 15.9 Å². The van der Waals surface area contributed by atoms with E-state index >= 15 is 0 Å². The Labute approximate surface area is 174 Å². The second kappa shape index (κ2) is 8.88. The molecule has 1 N–H and O–H groups in total. The minimum atomic E-state index is -0.359. The van der Waals surface area contributed by atoms with E-state index < -0.39 is 0 Å². The first-order valence-corrected chi connectivity index (χ1v) is 10.3. The van der Waals surface area contributed by atoms with Crippen molar-refractivity contribution in [1.29, 1.82) is 0 Å². The molecule has 0 fully saturated rings. The van der Waals surface area contributed by atoms with Crippen LogP contribution in [0, 0.1) is 6.92 Å². The number of likely N-dealkylation sites (N-methyl/N-ethyl adjacent to an activating group) is 1. The van der Waals surface area contributed by atoms with Gasteiger partial charge < -0.3 is 10.2 Å². The van der Waals surface area contributed by atoms with E-state index in [1.807, 2.05) is 56.1 Å². The Bertz CT molecular complexity index is 884. The Morgan fingerprint density at radius 2 is 1.93 bits per heavy atom. The zero-order valence-corrected chi connectivity index (χ0v) is 18.1. The van der Waals surface area contributed by atoms with Gasteiger partial charge in [-0.15, -0.1) is 0 Å². The van der Waals surface area contributed by atoms with Crippen LogP contribution in [-0.4, -0.2) is 47.8 Å². The molecule has 0 spiro atoms. The van der Waals surface area contributed by atoms with Gasteiger partial charge in [0.2, 0.25) is 11.8 Å². The number of aryl methyl sites for hydroxylation is 1. The second-order valence-corrected chi connectivity index (χ2v) is 8.29. The first kappa shape index (κ1) is 20.6. The Morgan fingerprint density at radius 1 is 1.21 bits per heavy atom. The third-order valence-electron chi connectivity index (χ3n) is 5.32. The van der Waals surface area contributed by atoms with Crippen molar-refractivity contribution >= 4 is 33.4 Å². The van der Waals surface area contributed by atoms with Crippen LogP contribution in [0.5, 0.6) is 0 Å². The summed E-state index contributed by atoms with van der Waals surface area (Å²) in [7, 11) is 1.81. The maximum Gasteiger partial charge on any atom is 0.239 e. The van der Waals surface area contributed by atoms with E-state index in [-0.39, 0.29) is 24.4 Å². The summed E-state index contributed by atoms with van der Waals surface area (Å²) in [5, 5.41) is 2.93. The summed E-state index contributed by atoms with van der Waals surface area (Å²) in [6.45, 7) is 5.33. The second-order valence-electron chi connectivity index (χ2n) is 7.38. The van der Waals surface area contributed by atoms with E-state index in [4.69, 9.17) is 0 Å². The Hall–Kier alpha value is -2.18. The molecule has 0 bridgehead atoms. The number of halogens is 1. The lowest BCUT2D eigenvalue weighted by molar-refractivity contribution is -0.137. The predicted octanol–water partition coefficient (Wildman–Crippen LogP) is 3.60. The fourth-order valence-electron chi connectivity index (χ4n) is 3.46. The lowest BCUT2D eigenvalue weighted by atomic mass is 9.99. The number of rotatable bonds is 5. The summed E-state index contributed by atoms with van der Waals surface area (Å²) in [4.78, 5) is 29.1. The maximum absolute atomic E-state index is 12.9. The molecule has 0 saturated heterocycles. The molecule has 28 heavy (non-hydrogen) atoms. The third kappa shape index (κ3) is 4.80. The number of nitrogens with one attached hydrogen (secondary N) is 1. The molecule has 5 nitrogen and oxygen atoms in total. The van der Waals surface area contributed by atoms with Crippen LogP contribution < -0.4 is 5.32 Å². The first-order valence-electron chi connectivity index (χ1n) is 9.47. The highest BCUT2D eigenvalue weighted by atomic mass is 79.9. The average Bonchev–Trinajstić information content (AvgIpc) is 2.68. The zero-order chi connectivity index (χ0) is 20.3. The van der Waals surface area contributed by atoms with Crippen molar-refractivity contribution in [1.82, 2.24) is 9.80 Å². The molecule has 2 aromatic carbocycles. The monoisotopic (exact) mass is 443 g/mol. The van der Waals surface area contributed by atoms with Gasteiger partial charge in [-0.3, -0.25) is 14.5 Å². The summed E-state index contributed by atoms with van der Waals surface area (Å²) < 4.78 is 0.974. The summed E-state index contributed by atoms with van der Waals surface area (Å²) in [5.74, 6) is -0.0683. The van der Waals surface area contributed by atoms with Gasteiger partial charge in [0.05, 0.1) is 12.6 Å². The minimum absolute atomic E-state index is 0.0598. The molecule has 1 unspecified atom stereocenters. The fourth-order valence-corrected chi connectivity index (χ4v) is 3.93. The highest BCUT2D eigenvalue weighted by Gasteiger charge is 2.27. The van der Waals surface area contributed by atoms with Crippen LogP contribution in [0.3, 0.4) is 0 Å². The maximum atomic E-state index is 12.9. The van der Waals surface area contributed by atoms with Crippen LogP contribution in [0.15, 0.2) is 46.9 Å². The molecule has 0 radical (unpaired) electrons. The van der Waals surface area contributed by atoms with Gasteiger partial charge in [0, 0.05) is 23.2 Å². The van der Waals surface area contributed by atoms with Crippen molar-refractivity contribution in [2.75, 3.05) is 25.5 Å². The zero-order valence-electron chi connectivity index (χ0n) is 16.5. The lowest BCUT2D eigenvalue weighted by Gasteiger charge is -2.33. The molecular weight excluding hydrogens is 418 g/mol. The molecule has 3 rings (SSSR count). The van der Waals surface area contributed by atoms with E-state index in [0.29, 0.717) is 6.54 Å². The van der Waals surface area contributed by atoms with E-state index in [9.17, 15) is 9.59 Å². The van der Waals surface area contributed by atoms with Crippen molar-refractivity contribution in [3.8, 4) is 0 Å². The summed E-state index contributed by atoms with van der Waals surface area (Å²) in [5.41, 5.74) is 4.30. The van der Waals surface area contributed by atoms with E-state index in [1.165, 1.54) is 11.1 Å². The number of amides is 2. The van der Waals surface area contributed by atoms with E-state index in [2.05, 4.69) is 33.4 Å². The Kier molecular flexibility index (Phi) is 6.52. The van der Waals surface area contributed by atoms with E-state index in [0.717, 1.165) is 28.7 Å². The van der Waals surface area contributed by atoms with Crippen molar-refractivity contribution in [2.24, 2.45) is 0 Å². The summed E-state index contributed by atoms with van der Waals surface area (Å²) in [6, 6.07) is 13.6. The molecule has 0 aliphatic carbocycles. The molecule has 6 heteroatoms. The van der Waals surface area contributed by atoms with Gasteiger partial charge in [-0.2, -0.15) is 0 Å². The van der Waals surface area contributed by atoms with Crippen molar-refractivity contribution in [3.63, 3.8) is 0 Å². The SMILES string of the molecule is Cc1cc(Br)ccc1NC(=O)CN(C)C(C)C(=O)N1CCc2ccccc2C1. The van der Waals surface area contributed by atoms with Crippen molar-refractivity contribution < 1.29 is 9.59 Å². The molecule has 148 valence electrons. The predicted molar refractivity (Wildman–Crippen MR) is 115 cm³/mol.